The van der Waals surface area contributed by atoms with Gasteiger partial charge in [-0.1, -0.05) is 23.7 Å². The molecule has 0 bridgehead atoms. The SMILES string of the molecule is Cc1ccc(C)c(N=C2C(=O)Nc3c2ccc(Cl)c3C)c1. The van der Waals surface area contributed by atoms with Gasteiger partial charge in [0.2, 0.25) is 0 Å². The molecule has 1 amide bonds. The van der Waals surface area contributed by atoms with Crippen LogP contribution in [0.15, 0.2) is 35.3 Å². The average molecular weight is 299 g/mol. The number of rotatable bonds is 1. The first-order chi connectivity index (χ1) is 9.97. The lowest BCUT2D eigenvalue weighted by molar-refractivity contribution is -0.110. The molecule has 4 heteroatoms. The van der Waals surface area contributed by atoms with E-state index in [9.17, 15) is 4.79 Å². The lowest BCUT2D eigenvalue weighted by Gasteiger charge is -2.05. The number of nitrogens with one attached hydrogen (secondary N) is 1. The highest BCUT2D eigenvalue weighted by Crippen LogP contribution is 2.33. The van der Waals surface area contributed by atoms with Crippen molar-refractivity contribution in [1.82, 2.24) is 0 Å². The molecule has 3 nitrogen and oxygen atoms in total. The van der Waals surface area contributed by atoms with Crippen LogP contribution in [0.25, 0.3) is 0 Å². The fourth-order valence-corrected chi connectivity index (χ4v) is 2.57. The highest BCUT2D eigenvalue weighted by atomic mass is 35.5. The molecule has 1 aliphatic heterocycles. The summed E-state index contributed by atoms with van der Waals surface area (Å²) >= 11 is 6.10. The van der Waals surface area contributed by atoms with Gasteiger partial charge in [-0.05, 0) is 55.7 Å². The lowest BCUT2D eigenvalue weighted by atomic mass is 10.1. The quantitative estimate of drug-likeness (QED) is 0.836. The van der Waals surface area contributed by atoms with Crippen molar-refractivity contribution in [3.8, 4) is 0 Å². The summed E-state index contributed by atoms with van der Waals surface area (Å²) in [7, 11) is 0. The van der Waals surface area contributed by atoms with Crippen molar-refractivity contribution >= 4 is 34.6 Å². The first kappa shape index (κ1) is 13.8. The van der Waals surface area contributed by atoms with E-state index >= 15 is 0 Å². The van der Waals surface area contributed by atoms with Gasteiger partial charge in [0, 0.05) is 10.6 Å². The second-order valence-corrected chi connectivity index (χ2v) is 5.71. The Balaban J connectivity index is 2.17. The minimum Gasteiger partial charge on any atom is -0.320 e. The zero-order chi connectivity index (χ0) is 15.1. The van der Waals surface area contributed by atoms with Crippen LogP contribution in [-0.4, -0.2) is 11.6 Å². The molecule has 0 saturated heterocycles. The van der Waals surface area contributed by atoms with E-state index in [0.29, 0.717) is 10.7 Å². The Bertz CT molecular complexity index is 794. The molecule has 2 aromatic rings. The predicted molar refractivity (Wildman–Crippen MR) is 86.9 cm³/mol. The fourth-order valence-electron chi connectivity index (χ4n) is 2.41. The van der Waals surface area contributed by atoms with Crippen molar-refractivity contribution in [2.75, 3.05) is 5.32 Å². The number of benzene rings is 2. The number of aryl methyl sites for hydroxylation is 2. The van der Waals surface area contributed by atoms with Gasteiger partial charge in [-0.25, -0.2) is 4.99 Å². The maximum atomic E-state index is 12.2. The minimum atomic E-state index is -0.184. The maximum Gasteiger partial charge on any atom is 0.275 e. The van der Waals surface area contributed by atoms with Crippen LogP contribution in [0.1, 0.15) is 22.3 Å². The largest absolute Gasteiger partial charge is 0.320 e. The lowest BCUT2D eigenvalue weighted by Crippen LogP contribution is -2.14. The summed E-state index contributed by atoms with van der Waals surface area (Å²) in [6, 6.07) is 9.67. The summed E-state index contributed by atoms with van der Waals surface area (Å²) in [5, 5.41) is 3.50. The van der Waals surface area contributed by atoms with Crippen LogP contribution in [0.4, 0.5) is 11.4 Å². The second-order valence-electron chi connectivity index (χ2n) is 5.30. The van der Waals surface area contributed by atoms with Gasteiger partial charge in [0.15, 0.2) is 0 Å². The molecule has 3 rings (SSSR count). The molecule has 0 fully saturated rings. The van der Waals surface area contributed by atoms with Crippen molar-refractivity contribution < 1.29 is 4.79 Å². The molecule has 0 aromatic heterocycles. The smallest absolute Gasteiger partial charge is 0.275 e. The van der Waals surface area contributed by atoms with Gasteiger partial charge in [0.05, 0.1) is 11.4 Å². The van der Waals surface area contributed by atoms with Gasteiger partial charge in [0.25, 0.3) is 5.91 Å². The number of hydrogen-bond acceptors (Lipinski definition) is 2. The molecule has 0 radical (unpaired) electrons. The Morgan fingerprint density at radius 1 is 1.10 bits per heavy atom. The molecule has 0 spiro atoms. The Kier molecular flexibility index (Phi) is 3.30. The Morgan fingerprint density at radius 2 is 1.86 bits per heavy atom. The fraction of sp³-hybridized carbons (Fsp3) is 0.176. The second kappa shape index (κ2) is 5.01. The molecule has 0 atom stereocenters. The number of carbonyl (C=O) groups is 1. The summed E-state index contributed by atoms with van der Waals surface area (Å²) in [5.41, 5.74) is 5.86. The molecule has 0 aliphatic carbocycles. The van der Waals surface area contributed by atoms with Crippen LogP contribution in [0.3, 0.4) is 0 Å². The number of nitrogens with zero attached hydrogens (tertiary/aromatic N) is 1. The standard InChI is InChI=1S/C17H15ClN2O/c1-9-4-5-10(2)14(8-9)19-16-12-6-7-13(18)11(3)15(12)20-17(16)21/h4-8H,1-3H3,(H,19,20,21). The highest BCUT2D eigenvalue weighted by Gasteiger charge is 2.28. The van der Waals surface area contributed by atoms with E-state index in [0.717, 1.165) is 33.6 Å². The predicted octanol–water partition coefficient (Wildman–Crippen LogP) is 4.34. The van der Waals surface area contributed by atoms with E-state index < -0.39 is 0 Å². The summed E-state index contributed by atoms with van der Waals surface area (Å²) in [4.78, 5) is 16.8. The number of amides is 1. The molecule has 2 aromatic carbocycles. The van der Waals surface area contributed by atoms with Gasteiger partial charge in [-0.15, -0.1) is 0 Å². The molecule has 1 aliphatic rings. The molecule has 0 saturated carbocycles. The monoisotopic (exact) mass is 298 g/mol. The van der Waals surface area contributed by atoms with E-state index in [2.05, 4.69) is 10.3 Å². The maximum absolute atomic E-state index is 12.2. The Labute approximate surface area is 128 Å². The van der Waals surface area contributed by atoms with Gasteiger partial charge < -0.3 is 5.32 Å². The van der Waals surface area contributed by atoms with Gasteiger partial charge in [0.1, 0.15) is 5.71 Å². The summed E-state index contributed by atoms with van der Waals surface area (Å²) in [6.07, 6.45) is 0. The molecule has 106 valence electrons. The first-order valence-corrected chi connectivity index (χ1v) is 7.12. The van der Waals surface area contributed by atoms with Crippen molar-refractivity contribution in [2.24, 2.45) is 4.99 Å². The van der Waals surface area contributed by atoms with Crippen LogP contribution < -0.4 is 5.32 Å². The third kappa shape index (κ3) is 2.34. The molecule has 1 heterocycles. The van der Waals surface area contributed by atoms with Gasteiger partial charge >= 0.3 is 0 Å². The van der Waals surface area contributed by atoms with Crippen LogP contribution in [0.5, 0.6) is 0 Å². The number of hydrogen-bond donors (Lipinski definition) is 1. The van der Waals surface area contributed by atoms with Crippen LogP contribution >= 0.6 is 11.6 Å². The van der Waals surface area contributed by atoms with Crippen molar-refractivity contribution in [2.45, 2.75) is 20.8 Å². The molecule has 0 unspecified atom stereocenters. The zero-order valence-electron chi connectivity index (χ0n) is 12.1. The number of fused-ring (bicyclic) bond motifs is 1. The van der Waals surface area contributed by atoms with E-state index in [1.54, 1.807) is 6.07 Å². The van der Waals surface area contributed by atoms with Crippen LogP contribution in [0.2, 0.25) is 5.02 Å². The molecular weight excluding hydrogens is 284 g/mol. The molecule has 21 heavy (non-hydrogen) atoms. The summed E-state index contributed by atoms with van der Waals surface area (Å²) in [6.45, 7) is 5.89. The Morgan fingerprint density at radius 3 is 2.62 bits per heavy atom. The van der Waals surface area contributed by atoms with E-state index in [-0.39, 0.29) is 5.91 Å². The number of aliphatic imine (C=N–C) groups is 1. The van der Waals surface area contributed by atoms with Crippen LogP contribution in [0, 0.1) is 20.8 Å². The summed E-state index contributed by atoms with van der Waals surface area (Å²) in [5.74, 6) is -0.184. The number of anilines is 1. The first-order valence-electron chi connectivity index (χ1n) is 6.74. The molecule has 1 N–H and O–H groups in total. The van der Waals surface area contributed by atoms with Crippen molar-refractivity contribution in [3.63, 3.8) is 0 Å². The molecular formula is C17H15ClN2O. The van der Waals surface area contributed by atoms with E-state index in [1.165, 1.54) is 0 Å². The third-order valence-corrected chi connectivity index (χ3v) is 4.11. The zero-order valence-corrected chi connectivity index (χ0v) is 12.9. The number of carbonyl (C=O) groups excluding carboxylic acids is 1. The average Bonchev–Trinajstić information content (AvgIpc) is 2.76. The Hall–Kier alpha value is -2.13. The minimum absolute atomic E-state index is 0.184. The van der Waals surface area contributed by atoms with Crippen molar-refractivity contribution in [1.29, 1.82) is 0 Å². The van der Waals surface area contributed by atoms with Crippen molar-refractivity contribution in [3.05, 3.63) is 57.6 Å². The van der Waals surface area contributed by atoms with E-state index in [1.807, 2.05) is 45.0 Å². The highest BCUT2D eigenvalue weighted by molar-refractivity contribution is 6.54. The topological polar surface area (TPSA) is 41.5 Å². The normalized spacial score (nSPS) is 15.2. The van der Waals surface area contributed by atoms with Gasteiger partial charge in [-0.2, -0.15) is 0 Å². The third-order valence-electron chi connectivity index (χ3n) is 3.70. The van der Waals surface area contributed by atoms with Gasteiger partial charge in [-0.3, -0.25) is 4.79 Å². The van der Waals surface area contributed by atoms with E-state index in [4.69, 9.17) is 11.6 Å². The number of halogens is 1. The van der Waals surface area contributed by atoms with Crippen LogP contribution in [-0.2, 0) is 4.79 Å². The summed E-state index contributed by atoms with van der Waals surface area (Å²) < 4.78 is 0.